The molecule has 0 spiro atoms. The maximum atomic E-state index is 13.6. The fourth-order valence-electron chi connectivity index (χ4n) is 4.12. The number of hydrogen-bond acceptors (Lipinski definition) is 6. The number of piperazine rings is 1. The lowest BCUT2D eigenvalue weighted by Crippen LogP contribution is -2.46. The number of carbonyl (C=O) groups is 2. The molecule has 0 bridgehead atoms. The highest BCUT2D eigenvalue weighted by molar-refractivity contribution is 6.45. The van der Waals surface area contributed by atoms with Crippen molar-refractivity contribution in [2.24, 2.45) is 0 Å². The molecule has 0 aromatic heterocycles. The van der Waals surface area contributed by atoms with Gasteiger partial charge in [0.1, 0.15) is 18.9 Å². The molecule has 3 aliphatic heterocycles. The largest absolute Gasteiger partial charge is 0.486 e. The predicted octanol–water partition coefficient (Wildman–Crippen LogP) is 2.64. The van der Waals surface area contributed by atoms with Crippen LogP contribution in [0.1, 0.15) is 5.56 Å². The molecule has 0 aliphatic carbocycles. The molecular weight excluding hydrogens is 418 g/mol. The van der Waals surface area contributed by atoms with E-state index >= 15 is 0 Å². The summed E-state index contributed by atoms with van der Waals surface area (Å²) >= 11 is 6.06. The topological polar surface area (TPSA) is 62.3 Å². The van der Waals surface area contributed by atoms with E-state index in [1.165, 1.54) is 4.90 Å². The van der Waals surface area contributed by atoms with Crippen LogP contribution in [0.2, 0.25) is 5.02 Å². The van der Waals surface area contributed by atoms with Gasteiger partial charge in [-0.3, -0.25) is 9.59 Å². The zero-order valence-corrected chi connectivity index (χ0v) is 17.9. The van der Waals surface area contributed by atoms with Crippen LogP contribution in [0.4, 0.5) is 5.69 Å². The Hall–Kier alpha value is -3.03. The number of halogens is 1. The van der Waals surface area contributed by atoms with Gasteiger partial charge in [-0.2, -0.15) is 0 Å². The summed E-state index contributed by atoms with van der Waals surface area (Å²) in [5, 5.41) is 0.575. The Bertz CT molecular complexity index is 1070. The normalized spacial score (nSPS) is 19.4. The number of nitrogens with zero attached hydrogens (tertiary/aromatic N) is 3. The van der Waals surface area contributed by atoms with Crippen LogP contribution in [0.5, 0.6) is 11.5 Å². The summed E-state index contributed by atoms with van der Waals surface area (Å²) in [6.07, 6.45) is 0. The molecule has 5 rings (SSSR count). The Morgan fingerprint density at radius 1 is 0.839 bits per heavy atom. The molecule has 1 saturated heterocycles. The van der Waals surface area contributed by atoms with Gasteiger partial charge in [-0.15, -0.1) is 0 Å². The van der Waals surface area contributed by atoms with Crippen molar-refractivity contribution in [3.05, 3.63) is 58.7 Å². The minimum absolute atomic E-state index is 0.323. The van der Waals surface area contributed by atoms with Crippen LogP contribution in [0.25, 0.3) is 5.57 Å². The van der Waals surface area contributed by atoms with E-state index in [1.807, 2.05) is 4.90 Å². The van der Waals surface area contributed by atoms with Crippen molar-refractivity contribution in [1.82, 2.24) is 9.80 Å². The van der Waals surface area contributed by atoms with Gasteiger partial charge in [-0.1, -0.05) is 23.7 Å². The molecule has 2 amide bonds. The maximum absolute atomic E-state index is 13.6. The second-order valence-corrected chi connectivity index (χ2v) is 8.23. The molecule has 8 heteroatoms. The third-order valence-electron chi connectivity index (χ3n) is 5.80. The van der Waals surface area contributed by atoms with Crippen molar-refractivity contribution in [3.63, 3.8) is 0 Å². The number of hydrogen-bond donors (Lipinski definition) is 0. The molecule has 0 unspecified atom stereocenters. The SMILES string of the molecule is CN1CCN(C2=C(c3ccc(Cl)cc3)C(=O)N(c3ccc4c(c3)OCCO4)C2=O)CC1. The average molecular weight is 440 g/mol. The van der Waals surface area contributed by atoms with Crippen LogP contribution in [-0.2, 0) is 9.59 Å². The van der Waals surface area contributed by atoms with Crippen LogP contribution < -0.4 is 14.4 Å². The monoisotopic (exact) mass is 439 g/mol. The lowest BCUT2D eigenvalue weighted by Gasteiger charge is -2.34. The van der Waals surface area contributed by atoms with Crippen LogP contribution in [-0.4, -0.2) is 68.1 Å². The molecule has 0 saturated carbocycles. The van der Waals surface area contributed by atoms with E-state index in [9.17, 15) is 9.59 Å². The number of anilines is 1. The second kappa shape index (κ2) is 7.90. The first-order valence-electron chi connectivity index (χ1n) is 10.2. The van der Waals surface area contributed by atoms with Gasteiger partial charge in [0, 0.05) is 37.3 Å². The Morgan fingerprint density at radius 2 is 1.52 bits per heavy atom. The van der Waals surface area contributed by atoms with E-state index in [4.69, 9.17) is 21.1 Å². The highest BCUT2D eigenvalue weighted by Gasteiger charge is 2.43. The smallest absolute Gasteiger partial charge is 0.282 e. The third kappa shape index (κ3) is 3.54. The van der Waals surface area contributed by atoms with Gasteiger partial charge < -0.3 is 19.3 Å². The zero-order valence-electron chi connectivity index (χ0n) is 17.1. The molecule has 1 fully saturated rings. The number of fused-ring (bicyclic) bond motifs is 1. The van der Waals surface area contributed by atoms with E-state index in [0.29, 0.717) is 65.3 Å². The lowest BCUT2D eigenvalue weighted by molar-refractivity contribution is -0.120. The quantitative estimate of drug-likeness (QED) is 0.685. The van der Waals surface area contributed by atoms with Crippen molar-refractivity contribution in [2.75, 3.05) is 51.3 Å². The molecular formula is C23H22ClN3O4. The lowest BCUT2D eigenvalue weighted by atomic mass is 10.0. The molecule has 160 valence electrons. The summed E-state index contributed by atoms with van der Waals surface area (Å²) in [6.45, 7) is 3.91. The standard InChI is InChI=1S/C23H22ClN3O4/c1-25-8-10-26(11-9-25)21-20(15-2-4-16(24)5-3-15)22(28)27(23(21)29)17-6-7-18-19(14-17)31-13-12-30-18/h2-7,14H,8-13H2,1H3. The molecule has 3 heterocycles. The number of ether oxygens (including phenoxy) is 2. The molecule has 31 heavy (non-hydrogen) atoms. The zero-order chi connectivity index (χ0) is 21.5. The average Bonchev–Trinajstić information content (AvgIpc) is 3.04. The molecule has 3 aliphatic rings. The van der Waals surface area contributed by atoms with Gasteiger partial charge in [0.2, 0.25) is 0 Å². The summed E-state index contributed by atoms with van der Waals surface area (Å²) in [6, 6.07) is 12.2. The summed E-state index contributed by atoms with van der Waals surface area (Å²) in [4.78, 5) is 32.7. The minimum atomic E-state index is -0.349. The number of benzene rings is 2. The number of imide groups is 1. The summed E-state index contributed by atoms with van der Waals surface area (Å²) in [5.41, 5.74) is 1.99. The van der Waals surface area contributed by atoms with Gasteiger partial charge in [-0.25, -0.2) is 4.90 Å². The van der Waals surface area contributed by atoms with E-state index in [1.54, 1.807) is 42.5 Å². The Morgan fingerprint density at radius 3 is 2.23 bits per heavy atom. The molecule has 7 nitrogen and oxygen atoms in total. The Kier molecular flexibility index (Phi) is 5.08. The van der Waals surface area contributed by atoms with E-state index < -0.39 is 0 Å². The minimum Gasteiger partial charge on any atom is -0.486 e. The van der Waals surface area contributed by atoms with Gasteiger partial charge in [0.05, 0.1) is 11.3 Å². The van der Waals surface area contributed by atoms with Gasteiger partial charge in [0.25, 0.3) is 11.8 Å². The number of carbonyl (C=O) groups excluding carboxylic acids is 2. The van der Waals surface area contributed by atoms with Gasteiger partial charge in [-0.05, 0) is 36.9 Å². The molecule has 0 N–H and O–H groups in total. The Labute approximate surface area is 185 Å². The van der Waals surface area contributed by atoms with E-state index in [0.717, 1.165) is 13.1 Å². The van der Waals surface area contributed by atoms with Crippen molar-refractivity contribution in [3.8, 4) is 11.5 Å². The maximum Gasteiger partial charge on any atom is 0.282 e. The predicted molar refractivity (Wildman–Crippen MR) is 117 cm³/mol. The molecule has 0 radical (unpaired) electrons. The number of likely N-dealkylation sites (N-methyl/N-ethyl adjacent to an activating group) is 1. The molecule has 2 aromatic rings. The van der Waals surface area contributed by atoms with Crippen molar-refractivity contribution < 1.29 is 19.1 Å². The van der Waals surface area contributed by atoms with Gasteiger partial charge in [0.15, 0.2) is 11.5 Å². The highest BCUT2D eigenvalue weighted by Crippen LogP contribution is 2.39. The van der Waals surface area contributed by atoms with E-state index in [-0.39, 0.29) is 11.8 Å². The highest BCUT2D eigenvalue weighted by atomic mass is 35.5. The Balaban J connectivity index is 1.57. The second-order valence-electron chi connectivity index (χ2n) is 7.79. The van der Waals surface area contributed by atoms with Crippen molar-refractivity contribution in [1.29, 1.82) is 0 Å². The fourth-order valence-corrected chi connectivity index (χ4v) is 4.25. The summed E-state index contributed by atoms with van der Waals surface area (Å²) in [5.74, 6) is 0.471. The number of rotatable bonds is 3. The van der Waals surface area contributed by atoms with Crippen LogP contribution in [0.3, 0.4) is 0 Å². The molecule has 0 atom stereocenters. The van der Waals surface area contributed by atoms with Crippen molar-refractivity contribution >= 4 is 34.7 Å². The fraction of sp³-hybridized carbons (Fsp3) is 0.304. The first kappa shape index (κ1) is 19.9. The summed E-state index contributed by atoms with van der Waals surface area (Å²) < 4.78 is 11.2. The number of amides is 2. The van der Waals surface area contributed by atoms with Crippen molar-refractivity contribution in [2.45, 2.75) is 0 Å². The van der Waals surface area contributed by atoms with E-state index in [2.05, 4.69) is 11.9 Å². The molecule has 2 aromatic carbocycles. The van der Waals surface area contributed by atoms with Crippen LogP contribution in [0.15, 0.2) is 48.2 Å². The summed E-state index contributed by atoms with van der Waals surface area (Å²) in [7, 11) is 2.05. The third-order valence-corrected chi connectivity index (χ3v) is 6.05. The van der Waals surface area contributed by atoms with Crippen LogP contribution in [0, 0.1) is 0 Å². The van der Waals surface area contributed by atoms with Gasteiger partial charge >= 0.3 is 0 Å². The first-order chi connectivity index (χ1) is 15.0. The first-order valence-corrected chi connectivity index (χ1v) is 10.6. The van der Waals surface area contributed by atoms with Crippen LogP contribution >= 0.6 is 11.6 Å².